The number of hydrogen-bond acceptors (Lipinski definition) is 3. The van der Waals surface area contributed by atoms with Crippen molar-refractivity contribution in [2.45, 2.75) is 0 Å². The van der Waals surface area contributed by atoms with Crippen LogP contribution in [-0.2, 0) is 0 Å². The highest BCUT2D eigenvalue weighted by Crippen LogP contribution is 2.23. The molecule has 0 atom stereocenters. The van der Waals surface area contributed by atoms with Gasteiger partial charge in [0.1, 0.15) is 0 Å². The molecular formula is C10H5Cl2NO2. The van der Waals surface area contributed by atoms with Gasteiger partial charge in [-0.25, -0.2) is 0 Å². The maximum absolute atomic E-state index is 10.8. The molecule has 0 unspecified atom stereocenters. The van der Waals surface area contributed by atoms with Gasteiger partial charge in [-0.2, -0.15) is 0 Å². The van der Waals surface area contributed by atoms with Gasteiger partial charge in [0.05, 0.1) is 0 Å². The molecule has 1 heterocycles. The topological polar surface area (TPSA) is 43.1 Å². The van der Waals surface area contributed by atoms with E-state index in [1.165, 1.54) is 6.07 Å². The molecule has 1 aromatic heterocycles. The predicted octanol–water partition coefficient (Wildman–Crippen LogP) is 3.37. The van der Waals surface area contributed by atoms with Gasteiger partial charge < -0.3 is 4.52 Å². The van der Waals surface area contributed by atoms with Gasteiger partial charge in [-0.05, 0) is 23.7 Å². The van der Waals surface area contributed by atoms with Gasteiger partial charge in [0.15, 0.2) is 11.5 Å². The molecule has 76 valence electrons. The summed E-state index contributed by atoms with van der Waals surface area (Å²) in [6, 6.07) is 8.51. The second-order valence-corrected chi connectivity index (χ2v) is 3.64. The molecule has 15 heavy (non-hydrogen) atoms. The van der Waals surface area contributed by atoms with E-state index in [-0.39, 0.29) is 5.69 Å². The van der Waals surface area contributed by atoms with Crippen LogP contribution in [0.4, 0.5) is 0 Å². The number of benzene rings is 1. The van der Waals surface area contributed by atoms with Gasteiger partial charge in [0.25, 0.3) is 5.24 Å². The summed E-state index contributed by atoms with van der Waals surface area (Å²) in [7, 11) is 0. The number of carbonyl (C=O) groups excluding carboxylic acids is 1. The Bertz CT molecular complexity index is 508. The van der Waals surface area contributed by atoms with Crippen LogP contribution in [-0.4, -0.2) is 10.4 Å². The number of halogens is 2. The number of hydrogen-bond donors (Lipinski definition) is 0. The zero-order valence-electron chi connectivity index (χ0n) is 7.41. The molecule has 3 nitrogen and oxygen atoms in total. The third-order valence-corrected chi connectivity index (χ3v) is 2.25. The largest absolute Gasteiger partial charge is 0.356 e. The fourth-order valence-electron chi connectivity index (χ4n) is 1.15. The summed E-state index contributed by atoms with van der Waals surface area (Å²) >= 11 is 11.1. The Morgan fingerprint density at radius 2 is 2.13 bits per heavy atom. The van der Waals surface area contributed by atoms with Crippen molar-refractivity contribution in [3.8, 4) is 11.3 Å². The molecule has 0 amide bonds. The zero-order valence-corrected chi connectivity index (χ0v) is 8.92. The Kier molecular flexibility index (Phi) is 2.75. The molecule has 0 fully saturated rings. The first-order chi connectivity index (χ1) is 7.16. The summed E-state index contributed by atoms with van der Waals surface area (Å²) in [5.74, 6) is 0.460. The van der Waals surface area contributed by atoms with Crippen molar-refractivity contribution in [3.63, 3.8) is 0 Å². The van der Waals surface area contributed by atoms with Crippen LogP contribution in [0.3, 0.4) is 0 Å². The van der Waals surface area contributed by atoms with Gasteiger partial charge in [0.2, 0.25) is 0 Å². The van der Waals surface area contributed by atoms with E-state index in [0.717, 1.165) is 5.56 Å². The summed E-state index contributed by atoms with van der Waals surface area (Å²) in [5, 5.41) is 3.46. The number of rotatable bonds is 2. The van der Waals surface area contributed by atoms with Gasteiger partial charge in [-0.3, -0.25) is 4.79 Å². The van der Waals surface area contributed by atoms with Crippen molar-refractivity contribution in [3.05, 3.63) is 41.0 Å². The molecule has 5 heteroatoms. The van der Waals surface area contributed by atoms with Crippen molar-refractivity contribution in [2.24, 2.45) is 0 Å². The van der Waals surface area contributed by atoms with E-state index in [9.17, 15) is 4.79 Å². The van der Waals surface area contributed by atoms with Gasteiger partial charge in [0, 0.05) is 16.7 Å². The van der Waals surface area contributed by atoms with E-state index in [4.69, 9.17) is 27.7 Å². The van der Waals surface area contributed by atoms with Crippen LogP contribution in [0, 0.1) is 0 Å². The monoisotopic (exact) mass is 241 g/mol. The SMILES string of the molecule is O=C(Cl)c1cc(-c2cccc(Cl)c2)on1. The molecule has 0 saturated carbocycles. The molecule has 1 aromatic carbocycles. The maximum Gasteiger partial charge on any atom is 0.274 e. The Labute approximate surface area is 95.6 Å². The lowest BCUT2D eigenvalue weighted by atomic mass is 10.2. The summed E-state index contributed by atoms with van der Waals surface area (Å²) in [6.45, 7) is 0. The van der Waals surface area contributed by atoms with Crippen molar-refractivity contribution < 1.29 is 9.32 Å². The average molecular weight is 242 g/mol. The molecule has 2 aromatic rings. The van der Waals surface area contributed by atoms with Crippen LogP contribution in [0.1, 0.15) is 10.5 Å². The van der Waals surface area contributed by atoms with Crippen molar-refractivity contribution in [1.29, 1.82) is 0 Å². The number of nitrogens with zero attached hydrogens (tertiary/aromatic N) is 1. The van der Waals surface area contributed by atoms with Crippen LogP contribution in [0.5, 0.6) is 0 Å². The molecule has 0 aliphatic carbocycles. The lowest BCUT2D eigenvalue weighted by Crippen LogP contribution is -1.85. The van der Waals surface area contributed by atoms with E-state index in [0.29, 0.717) is 10.8 Å². The standard InChI is InChI=1S/C10H5Cl2NO2/c11-7-3-1-2-6(4-7)9-5-8(10(12)14)13-15-9/h1-5H. The molecule has 2 rings (SSSR count). The summed E-state index contributed by atoms with van der Waals surface area (Å²) in [4.78, 5) is 10.8. The third kappa shape index (κ3) is 2.19. The van der Waals surface area contributed by atoms with Gasteiger partial charge in [-0.1, -0.05) is 28.9 Å². The second kappa shape index (κ2) is 4.04. The highest BCUT2D eigenvalue weighted by atomic mass is 35.5. The summed E-state index contributed by atoms with van der Waals surface area (Å²) in [6.07, 6.45) is 0. The van der Waals surface area contributed by atoms with E-state index < -0.39 is 5.24 Å². The van der Waals surface area contributed by atoms with Crippen molar-refractivity contribution in [1.82, 2.24) is 5.16 Å². The average Bonchev–Trinajstić information content (AvgIpc) is 2.66. The highest BCUT2D eigenvalue weighted by molar-refractivity contribution is 6.67. The molecule has 0 aliphatic heterocycles. The predicted molar refractivity (Wildman–Crippen MR) is 57.1 cm³/mol. The van der Waals surface area contributed by atoms with E-state index in [1.54, 1.807) is 24.3 Å². The molecule has 0 N–H and O–H groups in total. The first-order valence-electron chi connectivity index (χ1n) is 4.09. The second-order valence-electron chi connectivity index (χ2n) is 2.86. The number of aromatic nitrogens is 1. The molecule has 0 aliphatic rings. The van der Waals surface area contributed by atoms with E-state index in [1.807, 2.05) is 0 Å². The van der Waals surface area contributed by atoms with Crippen LogP contribution < -0.4 is 0 Å². The first kappa shape index (κ1) is 10.2. The Morgan fingerprint density at radius 1 is 1.33 bits per heavy atom. The first-order valence-corrected chi connectivity index (χ1v) is 4.85. The molecule has 0 radical (unpaired) electrons. The van der Waals surface area contributed by atoms with Crippen molar-refractivity contribution in [2.75, 3.05) is 0 Å². The summed E-state index contributed by atoms with van der Waals surface area (Å²) < 4.78 is 4.95. The Balaban J connectivity index is 2.41. The lowest BCUT2D eigenvalue weighted by Gasteiger charge is -1.94. The van der Waals surface area contributed by atoms with E-state index >= 15 is 0 Å². The van der Waals surface area contributed by atoms with Gasteiger partial charge >= 0.3 is 0 Å². The van der Waals surface area contributed by atoms with E-state index in [2.05, 4.69) is 5.16 Å². The Morgan fingerprint density at radius 3 is 2.73 bits per heavy atom. The minimum Gasteiger partial charge on any atom is -0.356 e. The fraction of sp³-hybridized carbons (Fsp3) is 0. The normalized spacial score (nSPS) is 10.3. The van der Waals surface area contributed by atoms with Crippen molar-refractivity contribution >= 4 is 28.4 Å². The van der Waals surface area contributed by atoms with Crippen LogP contribution in [0.25, 0.3) is 11.3 Å². The maximum atomic E-state index is 10.8. The van der Waals surface area contributed by atoms with Gasteiger partial charge in [-0.15, -0.1) is 0 Å². The minimum absolute atomic E-state index is 0.0895. The molecule has 0 spiro atoms. The molecular weight excluding hydrogens is 237 g/mol. The molecule has 0 saturated heterocycles. The zero-order chi connectivity index (χ0) is 10.8. The highest BCUT2D eigenvalue weighted by Gasteiger charge is 2.11. The number of carbonyl (C=O) groups is 1. The minimum atomic E-state index is -0.646. The summed E-state index contributed by atoms with van der Waals surface area (Å²) in [5.41, 5.74) is 0.839. The van der Waals surface area contributed by atoms with Crippen LogP contribution in [0.15, 0.2) is 34.9 Å². The quantitative estimate of drug-likeness (QED) is 0.758. The third-order valence-electron chi connectivity index (χ3n) is 1.82. The van der Waals surface area contributed by atoms with Crippen LogP contribution in [0.2, 0.25) is 5.02 Å². The lowest BCUT2D eigenvalue weighted by molar-refractivity contribution is 0.107. The fourth-order valence-corrected chi connectivity index (χ4v) is 1.42. The Hall–Kier alpha value is -1.32. The van der Waals surface area contributed by atoms with Crippen LogP contribution >= 0.6 is 23.2 Å². The smallest absolute Gasteiger partial charge is 0.274 e. The molecule has 0 bridgehead atoms.